The van der Waals surface area contributed by atoms with Crippen molar-refractivity contribution in [3.05, 3.63) is 129 Å². The number of aliphatic hydroxyl groups is 1. The molecular formula is C36H43N5O8. The molecule has 13 nitrogen and oxygen atoms in total. The number of ether oxygens (including phenoxy) is 4. The summed E-state index contributed by atoms with van der Waals surface area (Å²) in [6, 6.07) is 23.7. The number of unbranched alkanes of at least 4 members (excludes halogenated alkanes) is 1. The maximum absolute atomic E-state index is 13.2. The first-order valence-corrected chi connectivity index (χ1v) is 16.1. The van der Waals surface area contributed by atoms with Crippen molar-refractivity contribution >= 4 is 5.91 Å². The lowest BCUT2D eigenvalue weighted by Gasteiger charge is -2.37. The first kappa shape index (κ1) is 35.5. The fraction of sp³-hybridized carbons (Fsp3) is 0.361. The van der Waals surface area contributed by atoms with Crippen LogP contribution in [0.2, 0.25) is 0 Å². The molecule has 4 aromatic rings. The molecule has 49 heavy (non-hydrogen) atoms. The number of aromatic amines is 1. The standard InChI is InChI=1S/C36H43N5O8/c1-46-26-15-11-24(12-16-26)36(23-8-4-3-5-9-23,25-13-17-27(47-2)18-14-25)48-22-29-32(43)31(40-33(44)28(38)10-6-7-20-37)34(49-29)41-21-19-30(42)39-35(41)45/h3-5,8-9,11-19,21,28-29,31-32,34,43H,6-7,10,20,22,37-38H2,1-2H3,(H,40,44)(H,39,42,45)/t28-,29+,31+,32+,34+/m0/s1. The van der Waals surface area contributed by atoms with E-state index >= 15 is 0 Å². The van der Waals surface area contributed by atoms with E-state index in [0.29, 0.717) is 37.3 Å². The second-order valence-corrected chi connectivity index (χ2v) is 11.8. The minimum Gasteiger partial charge on any atom is -0.497 e. The summed E-state index contributed by atoms with van der Waals surface area (Å²) in [7, 11) is 3.18. The third kappa shape index (κ3) is 7.77. The monoisotopic (exact) mass is 673 g/mol. The number of amides is 1. The van der Waals surface area contributed by atoms with Gasteiger partial charge in [0.2, 0.25) is 5.91 Å². The van der Waals surface area contributed by atoms with Crippen molar-refractivity contribution in [1.82, 2.24) is 14.9 Å². The molecule has 5 rings (SSSR count). The molecule has 1 aliphatic rings. The summed E-state index contributed by atoms with van der Waals surface area (Å²) < 4.78 is 25.2. The van der Waals surface area contributed by atoms with E-state index in [1.54, 1.807) is 14.2 Å². The lowest BCUT2D eigenvalue weighted by molar-refractivity contribution is -0.124. The second kappa shape index (κ2) is 16.1. The summed E-state index contributed by atoms with van der Waals surface area (Å²) in [5, 5.41) is 14.5. The van der Waals surface area contributed by atoms with E-state index in [2.05, 4.69) is 10.3 Å². The van der Waals surface area contributed by atoms with E-state index in [1.165, 1.54) is 6.20 Å². The fourth-order valence-corrected chi connectivity index (χ4v) is 6.10. The number of nitrogens with two attached hydrogens (primary N) is 2. The van der Waals surface area contributed by atoms with Gasteiger partial charge in [-0.25, -0.2) is 4.79 Å². The van der Waals surface area contributed by atoms with Gasteiger partial charge in [-0.3, -0.25) is 19.1 Å². The van der Waals surface area contributed by atoms with Crippen molar-refractivity contribution in [1.29, 1.82) is 0 Å². The molecule has 1 amide bonds. The Morgan fingerprint density at radius 1 is 0.939 bits per heavy atom. The average molecular weight is 674 g/mol. The van der Waals surface area contributed by atoms with Gasteiger partial charge in [0.15, 0.2) is 6.23 Å². The summed E-state index contributed by atoms with van der Waals surface area (Å²) in [5.41, 5.74) is 11.5. The van der Waals surface area contributed by atoms with Crippen molar-refractivity contribution in [3.63, 3.8) is 0 Å². The number of nitrogens with one attached hydrogen (secondary N) is 2. The molecule has 2 heterocycles. The van der Waals surface area contributed by atoms with Crippen molar-refractivity contribution in [2.45, 2.75) is 55.4 Å². The van der Waals surface area contributed by atoms with Crippen LogP contribution in [0.25, 0.3) is 0 Å². The van der Waals surface area contributed by atoms with Crippen LogP contribution in [0.3, 0.4) is 0 Å². The Bertz CT molecular complexity index is 1730. The molecule has 1 saturated heterocycles. The SMILES string of the molecule is COc1ccc(C(OC[C@H]2O[C@@H](n3ccc(=O)[nH]c3=O)[C@H](NC(=O)[C@@H](N)CCCCN)[C@@H]2O)(c2ccccc2)c2ccc(OC)cc2)cc1. The summed E-state index contributed by atoms with van der Waals surface area (Å²) in [6.45, 7) is 0.289. The molecule has 0 saturated carbocycles. The van der Waals surface area contributed by atoms with E-state index in [0.717, 1.165) is 27.3 Å². The predicted molar refractivity (Wildman–Crippen MR) is 182 cm³/mol. The number of rotatable bonds is 15. The highest BCUT2D eigenvalue weighted by molar-refractivity contribution is 5.81. The Morgan fingerprint density at radius 2 is 1.53 bits per heavy atom. The van der Waals surface area contributed by atoms with Crippen LogP contribution >= 0.6 is 0 Å². The number of benzene rings is 3. The van der Waals surface area contributed by atoms with Crippen LogP contribution in [0.15, 0.2) is 101 Å². The van der Waals surface area contributed by atoms with Crippen LogP contribution in [0, 0.1) is 0 Å². The Labute approximate surface area is 283 Å². The maximum atomic E-state index is 13.2. The summed E-state index contributed by atoms with van der Waals surface area (Å²) in [5.74, 6) is 0.789. The van der Waals surface area contributed by atoms with Crippen LogP contribution in [0.5, 0.6) is 11.5 Å². The van der Waals surface area contributed by atoms with E-state index in [9.17, 15) is 19.5 Å². The number of methoxy groups -OCH3 is 2. The molecule has 260 valence electrons. The third-order valence-electron chi connectivity index (χ3n) is 8.75. The van der Waals surface area contributed by atoms with Crippen LogP contribution in [-0.2, 0) is 19.9 Å². The summed E-state index contributed by atoms with van der Waals surface area (Å²) >= 11 is 0. The number of carbonyl (C=O) groups is 1. The topological polar surface area (TPSA) is 193 Å². The lowest BCUT2D eigenvalue weighted by Crippen LogP contribution is -2.53. The molecule has 7 N–H and O–H groups in total. The molecule has 1 fully saturated rings. The zero-order valence-corrected chi connectivity index (χ0v) is 27.5. The number of aliphatic hydroxyl groups excluding tert-OH is 1. The molecular weight excluding hydrogens is 630 g/mol. The van der Waals surface area contributed by atoms with Gasteiger partial charge in [-0.1, -0.05) is 61.0 Å². The number of nitrogens with zero attached hydrogens (tertiary/aromatic N) is 1. The summed E-state index contributed by atoms with van der Waals surface area (Å²) in [6.07, 6.45) is -0.590. The Morgan fingerprint density at radius 3 is 2.08 bits per heavy atom. The van der Waals surface area contributed by atoms with Gasteiger partial charge in [0.1, 0.15) is 35.3 Å². The minimum atomic E-state index is -1.34. The van der Waals surface area contributed by atoms with Crippen LogP contribution in [0.1, 0.15) is 42.2 Å². The van der Waals surface area contributed by atoms with Gasteiger partial charge < -0.3 is 40.8 Å². The average Bonchev–Trinajstić information content (AvgIpc) is 3.43. The number of H-pyrrole nitrogens is 1. The van der Waals surface area contributed by atoms with Gasteiger partial charge in [0.25, 0.3) is 5.56 Å². The van der Waals surface area contributed by atoms with Crippen LogP contribution in [0.4, 0.5) is 0 Å². The zero-order valence-electron chi connectivity index (χ0n) is 27.5. The Hall–Kier alpha value is -4.79. The van der Waals surface area contributed by atoms with Crippen molar-refractivity contribution in [2.24, 2.45) is 11.5 Å². The first-order chi connectivity index (χ1) is 23.7. The quantitative estimate of drug-likeness (QED) is 0.0917. The smallest absolute Gasteiger partial charge is 0.330 e. The molecule has 5 atom stereocenters. The van der Waals surface area contributed by atoms with E-state index in [-0.39, 0.29) is 6.61 Å². The van der Waals surface area contributed by atoms with E-state index in [1.807, 2.05) is 78.9 Å². The predicted octanol–water partition coefficient (Wildman–Crippen LogP) is 1.76. The van der Waals surface area contributed by atoms with Gasteiger partial charge in [0, 0.05) is 12.3 Å². The molecule has 0 radical (unpaired) electrons. The molecule has 1 aromatic heterocycles. The molecule has 1 aliphatic heterocycles. The largest absolute Gasteiger partial charge is 0.497 e. The lowest BCUT2D eigenvalue weighted by atomic mass is 9.80. The highest BCUT2D eigenvalue weighted by Gasteiger charge is 2.48. The minimum absolute atomic E-state index is 0.183. The van der Waals surface area contributed by atoms with Crippen molar-refractivity contribution in [3.8, 4) is 11.5 Å². The van der Waals surface area contributed by atoms with Crippen LogP contribution in [-0.4, -0.2) is 72.2 Å². The van der Waals surface area contributed by atoms with E-state index in [4.69, 9.17) is 30.4 Å². The molecule has 13 heteroatoms. The molecule has 0 unspecified atom stereocenters. The second-order valence-electron chi connectivity index (χ2n) is 11.8. The summed E-state index contributed by atoms with van der Waals surface area (Å²) in [4.78, 5) is 40.2. The van der Waals surface area contributed by atoms with Crippen LogP contribution < -0.4 is 37.5 Å². The van der Waals surface area contributed by atoms with Gasteiger partial charge >= 0.3 is 5.69 Å². The Kier molecular flexibility index (Phi) is 11.6. The van der Waals surface area contributed by atoms with Crippen molar-refractivity contribution in [2.75, 3.05) is 27.4 Å². The van der Waals surface area contributed by atoms with Crippen molar-refractivity contribution < 1.29 is 28.8 Å². The number of hydrogen-bond acceptors (Lipinski definition) is 10. The number of carbonyl (C=O) groups excluding carboxylic acids is 1. The van der Waals surface area contributed by atoms with Gasteiger partial charge in [-0.05, 0) is 60.3 Å². The first-order valence-electron chi connectivity index (χ1n) is 16.1. The molecule has 0 spiro atoms. The van der Waals surface area contributed by atoms with E-state index < -0.39 is 53.3 Å². The fourth-order valence-electron chi connectivity index (χ4n) is 6.10. The van der Waals surface area contributed by atoms with Gasteiger partial charge in [-0.15, -0.1) is 0 Å². The maximum Gasteiger partial charge on any atom is 0.330 e. The zero-order chi connectivity index (χ0) is 35.0. The third-order valence-corrected chi connectivity index (χ3v) is 8.75. The number of hydrogen-bond donors (Lipinski definition) is 5. The highest BCUT2D eigenvalue weighted by atomic mass is 16.6. The Balaban J connectivity index is 1.53. The normalized spacial score (nSPS) is 19.7. The van der Waals surface area contributed by atoms with Gasteiger partial charge in [-0.2, -0.15) is 0 Å². The molecule has 0 aliphatic carbocycles. The number of aromatic nitrogens is 2. The molecule has 3 aromatic carbocycles. The molecule has 0 bridgehead atoms. The highest BCUT2D eigenvalue weighted by Crippen LogP contribution is 2.42. The van der Waals surface area contributed by atoms with Gasteiger partial charge in [0.05, 0.1) is 26.9 Å².